The van der Waals surface area contributed by atoms with Crippen LogP contribution < -0.4 is 11.1 Å². The van der Waals surface area contributed by atoms with Crippen LogP contribution >= 0.6 is 0 Å². The summed E-state index contributed by atoms with van der Waals surface area (Å²) in [5.41, 5.74) is 7.66. The average molecular weight is 261 g/mol. The third-order valence-corrected chi connectivity index (χ3v) is 2.65. The van der Waals surface area contributed by atoms with Gasteiger partial charge < -0.3 is 16.2 Å². The second-order valence-corrected chi connectivity index (χ2v) is 4.06. The monoisotopic (exact) mass is 261 g/mol. The zero-order valence-corrected chi connectivity index (χ0v) is 10.2. The summed E-state index contributed by atoms with van der Waals surface area (Å²) >= 11 is 0. The molecule has 0 spiro atoms. The molecule has 100 valence electrons. The van der Waals surface area contributed by atoms with Crippen molar-refractivity contribution < 1.29 is 9.90 Å². The quantitative estimate of drug-likeness (QED) is 0.554. The molecule has 1 atom stereocenters. The van der Waals surface area contributed by atoms with E-state index in [9.17, 15) is 9.90 Å². The van der Waals surface area contributed by atoms with Gasteiger partial charge in [0.1, 0.15) is 6.10 Å². The number of rotatable bonds is 6. The van der Waals surface area contributed by atoms with Gasteiger partial charge in [0, 0.05) is 36.6 Å². The highest BCUT2D eigenvalue weighted by molar-refractivity contribution is 5.78. The molecular weight excluding hydrogens is 246 g/mol. The zero-order valence-electron chi connectivity index (χ0n) is 10.2. The Kier molecular flexibility index (Phi) is 4.22. The van der Waals surface area contributed by atoms with Crippen LogP contribution in [0.25, 0.3) is 11.3 Å². The second-order valence-electron chi connectivity index (χ2n) is 4.06. The molecule has 7 nitrogen and oxygen atoms in total. The summed E-state index contributed by atoms with van der Waals surface area (Å²) in [5.74, 6) is -0.743. The van der Waals surface area contributed by atoms with E-state index in [2.05, 4.69) is 20.5 Å². The van der Waals surface area contributed by atoms with E-state index in [0.717, 1.165) is 16.8 Å². The minimum atomic E-state index is -1.19. The molecule has 0 aliphatic heterocycles. The number of nitrogens with zero attached hydrogens (tertiary/aromatic N) is 2. The number of carbonyl (C=O) groups excluding carboxylic acids is 1. The molecule has 1 amide bonds. The summed E-state index contributed by atoms with van der Waals surface area (Å²) in [7, 11) is 0. The van der Waals surface area contributed by atoms with Gasteiger partial charge in [-0.15, -0.1) is 0 Å². The lowest BCUT2D eigenvalue weighted by Crippen LogP contribution is -2.37. The number of nitrogens with one attached hydrogen (secondary N) is 2. The maximum absolute atomic E-state index is 10.7. The van der Waals surface area contributed by atoms with Crippen LogP contribution in [0.15, 0.2) is 30.7 Å². The number of hydrogen-bond donors (Lipinski definition) is 4. The van der Waals surface area contributed by atoms with Crippen LogP contribution in [0, 0.1) is 0 Å². The molecule has 0 aromatic carbocycles. The van der Waals surface area contributed by atoms with E-state index < -0.39 is 12.0 Å². The number of carbonyl (C=O) groups is 1. The molecule has 19 heavy (non-hydrogen) atoms. The molecule has 2 aromatic heterocycles. The number of nitrogens with two attached hydrogens (primary N) is 1. The molecule has 5 N–H and O–H groups in total. The molecule has 0 bridgehead atoms. The average Bonchev–Trinajstić information content (AvgIpc) is 2.88. The molecule has 1 unspecified atom stereocenters. The van der Waals surface area contributed by atoms with Gasteiger partial charge in [0.05, 0.1) is 11.9 Å². The number of primary amides is 1. The number of aliphatic hydroxyl groups is 1. The second kappa shape index (κ2) is 6.07. The topological polar surface area (TPSA) is 117 Å². The minimum absolute atomic E-state index is 0.104. The lowest BCUT2D eigenvalue weighted by molar-refractivity contribution is -0.125. The van der Waals surface area contributed by atoms with E-state index in [4.69, 9.17) is 5.73 Å². The van der Waals surface area contributed by atoms with E-state index in [0.29, 0.717) is 6.54 Å². The molecule has 0 fully saturated rings. The van der Waals surface area contributed by atoms with Crippen LogP contribution in [0.5, 0.6) is 0 Å². The Morgan fingerprint density at radius 3 is 3.05 bits per heavy atom. The Bertz CT molecular complexity index is 540. The van der Waals surface area contributed by atoms with Crippen LogP contribution in [-0.4, -0.2) is 38.8 Å². The van der Waals surface area contributed by atoms with Crippen LogP contribution in [0.4, 0.5) is 0 Å². The number of hydrogen-bond acceptors (Lipinski definition) is 5. The van der Waals surface area contributed by atoms with Gasteiger partial charge in [-0.05, 0) is 12.1 Å². The van der Waals surface area contributed by atoms with Crippen molar-refractivity contribution in [3.8, 4) is 11.3 Å². The SMILES string of the molecule is NC(=O)C(O)CNCc1cn[nH]c1-c1cccnc1. The fraction of sp³-hybridized carbons (Fsp3) is 0.250. The molecule has 0 radical (unpaired) electrons. The predicted octanol–water partition coefficient (Wildman–Crippen LogP) is -0.592. The zero-order chi connectivity index (χ0) is 13.7. The highest BCUT2D eigenvalue weighted by Gasteiger charge is 2.11. The van der Waals surface area contributed by atoms with Gasteiger partial charge in [-0.2, -0.15) is 5.10 Å². The number of aromatic amines is 1. The molecule has 2 aromatic rings. The first-order chi connectivity index (χ1) is 9.18. The lowest BCUT2D eigenvalue weighted by atomic mass is 10.1. The maximum Gasteiger partial charge on any atom is 0.247 e. The van der Waals surface area contributed by atoms with Gasteiger partial charge in [-0.25, -0.2) is 0 Å². The normalized spacial score (nSPS) is 12.3. The molecule has 7 heteroatoms. The smallest absolute Gasteiger partial charge is 0.247 e. The molecule has 0 aliphatic carbocycles. The van der Waals surface area contributed by atoms with Crippen LogP contribution in [-0.2, 0) is 11.3 Å². The Labute approximate surface area is 109 Å². The van der Waals surface area contributed by atoms with Gasteiger partial charge in [-0.1, -0.05) is 0 Å². The van der Waals surface area contributed by atoms with Crippen LogP contribution in [0.1, 0.15) is 5.56 Å². The third kappa shape index (κ3) is 3.36. The van der Waals surface area contributed by atoms with Crippen molar-refractivity contribution in [2.45, 2.75) is 12.6 Å². The van der Waals surface area contributed by atoms with Crippen molar-refractivity contribution in [3.05, 3.63) is 36.3 Å². The first-order valence-electron chi connectivity index (χ1n) is 5.79. The lowest BCUT2D eigenvalue weighted by Gasteiger charge is -2.08. The summed E-state index contributed by atoms with van der Waals surface area (Å²) in [6.45, 7) is 0.568. The van der Waals surface area contributed by atoms with E-state index in [-0.39, 0.29) is 6.54 Å². The van der Waals surface area contributed by atoms with Crippen LogP contribution in [0.3, 0.4) is 0 Å². The standard InChI is InChI=1S/C12H15N5O2/c13-12(19)10(18)7-15-5-9-6-16-17-11(9)8-2-1-3-14-4-8/h1-4,6,10,15,18H,5,7H2,(H2,13,19)(H,16,17). The fourth-order valence-corrected chi connectivity index (χ4v) is 1.65. The number of amides is 1. The Hall–Kier alpha value is -2.25. The van der Waals surface area contributed by atoms with E-state index >= 15 is 0 Å². The number of H-pyrrole nitrogens is 1. The van der Waals surface area contributed by atoms with E-state index in [1.54, 1.807) is 18.6 Å². The number of aromatic nitrogens is 3. The molecule has 2 rings (SSSR count). The van der Waals surface area contributed by atoms with Gasteiger partial charge >= 0.3 is 0 Å². The van der Waals surface area contributed by atoms with Gasteiger partial charge in [0.2, 0.25) is 5.91 Å². The maximum atomic E-state index is 10.7. The van der Waals surface area contributed by atoms with E-state index in [1.807, 2.05) is 12.1 Å². The molecular formula is C12H15N5O2. The largest absolute Gasteiger partial charge is 0.382 e. The molecule has 0 saturated heterocycles. The van der Waals surface area contributed by atoms with Gasteiger partial charge in [0.25, 0.3) is 0 Å². The highest BCUT2D eigenvalue weighted by Crippen LogP contribution is 2.19. The Morgan fingerprint density at radius 2 is 2.37 bits per heavy atom. The van der Waals surface area contributed by atoms with Crippen molar-refractivity contribution in [2.24, 2.45) is 5.73 Å². The summed E-state index contributed by atoms with van der Waals surface area (Å²) in [5, 5.41) is 19.1. The number of aliphatic hydroxyl groups excluding tert-OH is 1. The summed E-state index contributed by atoms with van der Waals surface area (Å²) < 4.78 is 0. The molecule has 0 aliphatic rings. The number of pyridine rings is 1. The van der Waals surface area contributed by atoms with Crippen molar-refractivity contribution in [1.82, 2.24) is 20.5 Å². The first kappa shape index (κ1) is 13.2. The molecule has 2 heterocycles. The summed E-state index contributed by atoms with van der Waals surface area (Å²) in [6.07, 6.45) is 3.93. The summed E-state index contributed by atoms with van der Waals surface area (Å²) in [4.78, 5) is 14.7. The summed E-state index contributed by atoms with van der Waals surface area (Å²) in [6, 6.07) is 3.76. The first-order valence-corrected chi connectivity index (χ1v) is 5.79. The Morgan fingerprint density at radius 1 is 1.53 bits per heavy atom. The minimum Gasteiger partial charge on any atom is -0.382 e. The third-order valence-electron chi connectivity index (χ3n) is 2.65. The van der Waals surface area contributed by atoms with Gasteiger partial charge in [-0.3, -0.25) is 14.9 Å². The fourth-order valence-electron chi connectivity index (χ4n) is 1.65. The highest BCUT2D eigenvalue weighted by atomic mass is 16.3. The Balaban J connectivity index is 1.99. The molecule has 0 saturated carbocycles. The van der Waals surface area contributed by atoms with Crippen molar-refractivity contribution in [3.63, 3.8) is 0 Å². The van der Waals surface area contributed by atoms with E-state index in [1.165, 1.54) is 0 Å². The van der Waals surface area contributed by atoms with Crippen molar-refractivity contribution >= 4 is 5.91 Å². The van der Waals surface area contributed by atoms with Gasteiger partial charge in [0.15, 0.2) is 0 Å². The van der Waals surface area contributed by atoms with Crippen LogP contribution in [0.2, 0.25) is 0 Å². The van der Waals surface area contributed by atoms with Crippen molar-refractivity contribution in [2.75, 3.05) is 6.54 Å². The van der Waals surface area contributed by atoms with Crippen molar-refractivity contribution in [1.29, 1.82) is 0 Å². The predicted molar refractivity (Wildman–Crippen MR) is 68.7 cm³/mol.